The number of benzene rings is 6. The van der Waals surface area contributed by atoms with Crippen LogP contribution in [0.15, 0.2) is 157 Å². The maximum Gasteiger partial charge on any atom is 0.160 e. The topological polar surface area (TPSA) is 35.0 Å². The Labute approximate surface area is 276 Å². The molecule has 2 aromatic heterocycles. The van der Waals surface area contributed by atoms with E-state index in [1.54, 1.807) is 11.3 Å². The zero-order chi connectivity index (χ0) is 31.0. The third-order valence-corrected chi connectivity index (χ3v) is 10.5. The van der Waals surface area contributed by atoms with Gasteiger partial charge in [0.15, 0.2) is 5.82 Å². The van der Waals surface area contributed by atoms with E-state index in [-0.39, 0.29) is 0 Å². The molecule has 2 aliphatic rings. The van der Waals surface area contributed by atoms with E-state index < -0.39 is 5.41 Å². The monoisotopic (exact) mass is 618 g/mol. The number of hydrogen-bond donors (Lipinski definition) is 0. The minimum absolute atomic E-state index is 0.556. The minimum Gasteiger partial charge on any atom is -0.456 e. The van der Waals surface area contributed by atoms with Crippen LogP contribution in [0.3, 0.4) is 0 Å². The third-order valence-electron chi connectivity index (χ3n) is 9.67. The Morgan fingerprint density at radius 3 is 2.04 bits per heavy atom. The summed E-state index contributed by atoms with van der Waals surface area (Å²) < 4.78 is 8.28. The zero-order valence-electron chi connectivity index (χ0n) is 25.2. The molecule has 0 radical (unpaired) electrons. The predicted molar refractivity (Wildman–Crippen MR) is 191 cm³/mol. The minimum atomic E-state index is -0.556. The first-order chi connectivity index (χ1) is 23.3. The summed E-state index contributed by atoms with van der Waals surface area (Å²) in [4.78, 5) is 10.3. The fraction of sp³-hybridized carbons (Fsp3) is 0.0233. The second-order valence-electron chi connectivity index (χ2n) is 12.1. The van der Waals surface area contributed by atoms with Gasteiger partial charge in [-0.25, -0.2) is 9.97 Å². The van der Waals surface area contributed by atoms with Crippen LogP contribution >= 0.6 is 11.3 Å². The van der Waals surface area contributed by atoms with Gasteiger partial charge in [0.1, 0.15) is 11.5 Å². The molecule has 3 heterocycles. The number of thiophene rings is 1. The smallest absolute Gasteiger partial charge is 0.160 e. The van der Waals surface area contributed by atoms with Gasteiger partial charge in [0.05, 0.1) is 16.8 Å². The van der Waals surface area contributed by atoms with Gasteiger partial charge >= 0.3 is 0 Å². The third kappa shape index (κ3) is 3.73. The molecule has 10 rings (SSSR count). The molecule has 3 nitrogen and oxygen atoms in total. The summed E-state index contributed by atoms with van der Waals surface area (Å²) in [7, 11) is 0. The van der Waals surface area contributed by atoms with Gasteiger partial charge in [0.2, 0.25) is 0 Å². The van der Waals surface area contributed by atoms with E-state index in [1.165, 1.54) is 32.3 Å². The Balaban J connectivity index is 1.29. The predicted octanol–water partition coefficient (Wildman–Crippen LogP) is 11.2. The van der Waals surface area contributed by atoms with Crippen molar-refractivity contribution in [1.29, 1.82) is 0 Å². The molecule has 47 heavy (non-hydrogen) atoms. The highest BCUT2D eigenvalue weighted by molar-refractivity contribution is 7.17. The Kier molecular flexibility index (Phi) is 5.66. The maximum atomic E-state index is 6.99. The number of rotatable bonds is 3. The normalized spacial score (nSPS) is 15.5. The summed E-state index contributed by atoms with van der Waals surface area (Å²) in [6.07, 6.45) is 0. The summed E-state index contributed by atoms with van der Waals surface area (Å²) in [5.74, 6) is 2.37. The van der Waals surface area contributed by atoms with E-state index in [0.29, 0.717) is 5.82 Å². The number of nitrogens with zero attached hydrogens (tertiary/aromatic N) is 2. The molecule has 1 unspecified atom stereocenters. The van der Waals surface area contributed by atoms with E-state index in [1.807, 2.05) is 36.4 Å². The van der Waals surface area contributed by atoms with Crippen molar-refractivity contribution < 1.29 is 4.74 Å². The molecule has 0 fully saturated rings. The SMILES string of the molecule is c1ccc(-c2cc(-c3cccc4c3Oc3ccccc3C43c4ccccc4-c4c3ccc3sccc43)nc(-c3ccccc3)n2)cc1. The summed E-state index contributed by atoms with van der Waals surface area (Å²) in [6, 6.07) is 53.5. The lowest BCUT2D eigenvalue weighted by atomic mass is 9.65. The zero-order valence-corrected chi connectivity index (χ0v) is 26.0. The van der Waals surface area contributed by atoms with Crippen molar-refractivity contribution in [2.75, 3.05) is 0 Å². The molecule has 1 aliphatic heterocycles. The van der Waals surface area contributed by atoms with Crippen molar-refractivity contribution in [1.82, 2.24) is 9.97 Å². The van der Waals surface area contributed by atoms with Crippen LogP contribution in [-0.2, 0) is 5.41 Å². The second-order valence-corrected chi connectivity index (χ2v) is 13.0. The van der Waals surface area contributed by atoms with Gasteiger partial charge in [-0.1, -0.05) is 121 Å². The number of hydrogen-bond acceptors (Lipinski definition) is 4. The van der Waals surface area contributed by atoms with Crippen molar-refractivity contribution in [3.8, 4) is 56.5 Å². The average molecular weight is 619 g/mol. The molecular weight excluding hydrogens is 593 g/mol. The van der Waals surface area contributed by atoms with Crippen LogP contribution in [0.4, 0.5) is 0 Å². The molecule has 1 aliphatic carbocycles. The summed E-state index contributed by atoms with van der Waals surface area (Å²) in [5.41, 5.74) is 11.5. The van der Waals surface area contributed by atoms with E-state index in [9.17, 15) is 0 Å². The largest absolute Gasteiger partial charge is 0.456 e. The highest BCUT2D eigenvalue weighted by Crippen LogP contribution is 2.64. The van der Waals surface area contributed by atoms with E-state index in [0.717, 1.165) is 50.7 Å². The van der Waals surface area contributed by atoms with Crippen molar-refractivity contribution >= 4 is 21.4 Å². The lowest BCUT2D eigenvalue weighted by molar-refractivity contribution is 0.438. The molecule has 6 aromatic carbocycles. The molecule has 0 N–H and O–H groups in total. The Bertz CT molecular complexity index is 2440. The maximum absolute atomic E-state index is 6.99. The Hall–Kier alpha value is -5.84. The molecule has 1 atom stereocenters. The lowest BCUT2D eigenvalue weighted by Gasteiger charge is -2.40. The van der Waals surface area contributed by atoms with Crippen LogP contribution < -0.4 is 4.74 Å². The summed E-state index contributed by atoms with van der Waals surface area (Å²) in [5, 5.41) is 3.50. The molecule has 0 saturated carbocycles. The summed E-state index contributed by atoms with van der Waals surface area (Å²) >= 11 is 1.79. The van der Waals surface area contributed by atoms with E-state index >= 15 is 0 Å². The van der Waals surface area contributed by atoms with Gasteiger partial charge in [-0.3, -0.25) is 0 Å². The Morgan fingerprint density at radius 1 is 0.511 bits per heavy atom. The van der Waals surface area contributed by atoms with Crippen LogP contribution in [0.1, 0.15) is 22.3 Å². The second kappa shape index (κ2) is 10.1. The van der Waals surface area contributed by atoms with Crippen molar-refractivity contribution in [2.45, 2.75) is 5.41 Å². The van der Waals surface area contributed by atoms with Crippen LogP contribution in [0, 0.1) is 0 Å². The van der Waals surface area contributed by atoms with Gasteiger partial charge in [-0.2, -0.15) is 0 Å². The first kappa shape index (κ1) is 26.4. The van der Waals surface area contributed by atoms with Crippen molar-refractivity contribution in [3.05, 3.63) is 179 Å². The highest BCUT2D eigenvalue weighted by Gasteiger charge is 2.52. The van der Waals surface area contributed by atoms with Gasteiger partial charge in [0.25, 0.3) is 0 Å². The first-order valence-electron chi connectivity index (χ1n) is 15.8. The fourth-order valence-corrected chi connectivity index (χ4v) is 8.52. The van der Waals surface area contributed by atoms with Crippen molar-refractivity contribution in [2.24, 2.45) is 0 Å². The van der Waals surface area contributed by atoms with E-state index in [4.69, 9.17) is 14.7 Å². The van der Waals surface area contributed by atoms with Crippen LogP contribution in [0.5, 0.6) is 11.5 Å². The van der Waals surface area contributed by atoms with Gasteiger partial charge in [0, 0.05) is 37.9 Å². The Morgan fingerprint density at radius 2 is 1.19 bits per heavy atom. The van der Waals surface area contributed by atoms with Gasteiger partial charge in [-0.05, 0) is 58.0 Å². The lowest BCUT2D eigenvalue weighted by Crippen LogP contribution is -2.32. The number of aromatic nitrogens is 2. The fourth-order valence-electron chi connectivity index (χ4n) is 7.72. The molecule has 0 bridgehead atoms. The quantitative estimate of drug-likeness (QED) is 0.198. The number of ether oxygens (including phenoxy) is 1. The number of fused-ring (bicyclic) bond motifs is 11. The van der Waals surface area contributed by atoms with E-state index in [2.05, 4.69) is 121 Å². The average Bonchev–Trinajstić information content (AvgIpc) is 3.74. The highest BCUT2D eigenvalue weighted by atomic mass is 32.1. The molecule has 4 heteroatoms. The summed E-state index contributed by atoms with van der Waals surface area (Å²) in [6.45, 7) is 0. The van der Waals surface area contributed by atoms with Gasteiger partial charge in [-0.15, -0.1) is 11.3 Å². The molecule has 0 amide bonds. The standard InChI is InChI=1S/C43H26N2OS/c1-3-12-27(13-4-1)36-26-37(45-42(44-36)28-14-5-2-6-15-28)30-17-11-20-35-41(30)46-38-21-10-9-19-33(38)43(35)32-18-8-7-16-29(32)40-31-24-25-47-39(31)23-22-34(40)43/h1-26H. The van der Waals surface area contributed by atoms with Gasteiger partial charge < -0.3 is 4.74 Å². The van der Waals surface area contributed by atoms with Crippen molar-refractivity contribution in [3.63, 3.8) is 0 Å². The van der Waals surface area contributed by atoms with Crippen LogP contribution in [-0.4, -0.2) is 9.97 Å². The van der Waals surface area contributed by atoms with Crippen LogP contribution in [0.2, 0.25) is 0 Å². The molecular formula is C43H26N2OS. The molecule has 8 aromatic rings. The first-order valence-corrected chi connectivity index (χ1v) is 16.7. The number of para-hydroxylation sites is 2. The van der Waals surface area contributed by atoms with Crippen LogP contribution in [0.25, 0.3) is 55.1 Å². The molecule has 220 valence electrons. The molecule has 0 saturated heterocycles. The molecule has 1 spiro atoms.